The molecule has 31 heavy (non-hydrogen) atoms. The van der Waals surface area contributed by atoms with Gasteiger partial charge in [-0.05, 0) is 63.4 Å². The van der Waals surface area contributed by atoms with Crippen LogP contribution in [0.3, 0.4) is 0 Å². The highest BCUT2D eigenvalue weighted by Gasteiger charge is 2.28. The van der Waals surface area contributed by atoms with Gasteiger partial charge in [-0.2, -0.15) is 0 Å². The first-order chi connectivity index (χ1) is 15.2. The third-order valence-corrected chi connectivity index (χ3v) is 6.39. The molecule has 0 radical (unpaired) electrons. The first-order valence-electron chi connectivity index (χ1n) is 10.9. The van der Waals surface area contributed by atoms with Crippen molar-refractivity contribution >= 4 is 40.1 Å². The van der Waals surface area contributed by atoms with E-state index in [2.05, 4.69) is 30.1 Å². The smallest absolute Gasteiger partial charge is 0.226 e. The van der Waals surface area contributed by atoms with E-state index >= 15 is 0 Å². The summed E-state index contributed by atoms with van der Waals surface area (Å²) in [4.78, 5) is 23.1. The largest absolute Gasteiger partial charge is 0.338 e. The number of likely N-dealkylation sites (tertiary alicyclic amines) is 1. The van der Waals surface area contributed by atoms with Gasteiger partial charge in [0.25, 0.3) is 0 Å². The fourth-order valence-electron chi connectivity index (χ4n) is 4.50. The Labute approximate surface area is 185 Å². The number of aromatic nitrogens is 4. The van der Waals surface area contributed by atoms with Gasteiger partial charge in [-0.15, -0.1) is 0 Å². The molecule has 4 heterocycles. The second-order valence-corrected chi connectivity index (χ2v) is 8.64. The van der Waals surface area contributed by atoms with Crippen LogP contribution in [0.25, 0.3) is 11.0 Å². The highest BCUT2D eigenvalue weighted by atomic mass is 35.5. The number of halogens is 2. The van der Waals surface area contributed by atoms with Crippen LogP contribution in [0.2, 0.25) is 5.02 Å². The normalized spacial score (nSPS) is 19.8. The molecule has 7 nitrogen and oxygen atoms in total. The van der Waals surface area contributed by atoms with Gasteiger partial charge in [0.05, 0.1) is 11.2 Å². The Kier molecular flexibility index (Phi) is 5.82. The van der Waals surface area contributed by atoms with Crippen molar-refractivity contribution in [3.63, 3.8) is 0 Å². The molecule has 5 rings (SSSR count). The summed E-state index contributed by atoms with van der Waals surface area (Å²) in [7, 11) is 0. The average molecular weight is 442 g/mol. The van der Waals surface area contributed by atoms with Crippen molar-refractivity contribution in [1.82, 2.24) is 24.8 Å². The Morgan fingerprint density at radius 3 is 2.74 bits per heavy atom. The van der Waals surface area contributed by atoms with Gasteiger partial charge in [-0.25, -0.2) is 24.3 Å². The predicted molar refractivity (Wildman–Crippen MR) is 120 cm³/mol. The standard InChI is InChI=1S/C22H25ClFN7/c23-17-11-15(6-7-18(17)24)28-21-20-19(26-14-27-21)12-25-22(29-20)31-10-2-1-5-16(31)13-30-8-3-4-9-30/h6-7,11-12,14,16H,1-5,8-10,13H2,(H,26,27,28). The summed E-state index contributed by atoms with van der Waals surface area (Å²) in [6.07, 6.45) is 9.34. The van der Waals surface area contributed by atoms with Gasteiger partial charge in [0.2, 0.25) is 5.95 Å². The monoisotopic (exact) mass is 441 g/mol. The highest BCUT2D eigenvalue weighted by Crippen LogP contribution is 2.28. The minimum absolute atomic E-state index is 0.0525. The molecule has 1 N–H and O–H groups in total. The first-order valence-corrected chi connectivity index (χ1v) is 11.2. The molecule has 3 aromatic rings. The van der Waals surface area contributed by atoms with Gasteiger partial charge in [0, 0.05) is 24.8 Å². The Balaban J connectivity index is 1.45. The van der Waals surface area contributed by atoms with Crippen molar-refractivity contribution in [2.24, 2.45) is 0 Å². The zero-order chi connectivity index (χ0) is 21.2. The topological polar surface area (TPSA) is 70.1 Å². The Morgan fingerprint density at radius 2 is 1.90 bits per heavy atom. The van der Waals surface area contributed by atoms with E-state index in [9.17, 15) is 4.39 Å². The molecule has 9 heteroatoms. The molecular formula is C22H25ClFN7. The molecule has 0 saturated carbocycles. The summed E-state index contributed by atoms with van der Waals surface area (Å²) in [6, 6.07) is 4.89. The highest BCUT2D eigenvalue weighted by molar-refractivity contribution is 6.31. The van der Waals surface area contributed by atoms with Crippen LogP contribution in [0.4, 0.5) is 21.8 Å². The number of fused-ring (bicyclic) bond motifs is 1. The van der Waals surface area contributed by atoms with E-state index in [1.54, 1.807) is 12.3 Å². The fourth-order valence-corrected chi connectivity index (χ4v) is 4.68. The van der Waals surface area contributed by atoms with Crippen LogP contribution < -0.4 is 10.2 Å². The van der Waals surface area contributed by atoms with Crippen LogP contribution in [0, 0.1) is 5.82 Å². The van der Waals surface area contributed by atoms with Crippen molar-refractivity contribution in [3.05, 3.63) is 41.6 Å². The van der Waals surface area contributed by atoms with E-state index < -0.39 is 5.82 Å². The van der Waals surface area contributed by atoms with E-state index in [1.165, 1.54) is 50.8 Å². The maximum Gasteiger partial charge on any atom is 0.226 e. The van der Waals surface area contributed by atoms with E-state index in [0.29, 0.717) is 34.5 Å². The van der Waals surface area contributed by atoms with Gasteiger partial charge >= 0.3 is 0 Å². The molecule has 162 valence electrons. The van der Waals surface area contributed by atoms with Crippen LogP contribution in [0.5, 0.6) is 0 Å². The van der Waals surface area contributed by atoms with E-state index in [0.717, 1.165) is 25.9 Å². The van der Waals surface area contributed by atoms with Gasteiger partial charge < -0.3 is 15.1 Å². The number of rotatable bonds is 5. The number of hydrogen-bond donors (Lipinski definition) is 1. The van der Waals surface area contributed by atoms with Crippen LogP contribution in [0.1, 0.15) is 32.1 Å². The molecule has 0 spiro atoms. The predicted octanol–water partition coefficient (Wildman–Crippen LogP) is 4.41. The molecule has 0 amide bonds. The molecular weight excluding hydrogens is 417 g/mol. The van der Waals surface area contributed by atoms with Crippen LogP contribution in [-0.4, -0.2) is 57.1 Å². The Morgan fingerprint density at radius 1 is 1.06 bits per heavy atom. The van der Waals surface area contributed by atoms with E-state index in [4.69, 9.17) is 16.6 Å². The maximum absolute atomic E-state index is 13.5. The number of nitrogens with one attached hydrogen (secondary N) is 1. The molecule has 1 aromatic carbocycles. The summed E-state index contributed by atoms with van der Waals surface area (Å²) in [5, 5.41) is 3.25. The quantitative estimate of drug-likeness (QED) is 0.628. The number of piperidine rings is 1. The van der Waals surface area contributed by atoms with E-state index in [1.807, 2.05) is 0 Å². The zero-order valence-electron chi connectivity index (χ0n) is 17.3. The lowest BCUT2D eigenvalue weighted by molar-refractivity contribution is 0.283. The molecule has 1 unspecified atom stereocenters. The molecule has 1 atom stereocenters. The van der Waals surface area contributed by atoms with Crippen LogP contribution >= 0.6 is 11.6 Å². The minimum Gasteiger partial charge on any atom is -0.338 e. The van der Waals surface area contributed by atoms with Crippen molar-refractivity contribution in [3.8, 4) is 0 Å². The third-order valence-electron chi connectivity index (χ3n) is 6.10. The molecule has 2 aromatic heterocycles. The SMILES string of the molecule is Fc1ccc(Nc2ncnc3cnc(N4CCCCC4CN4CCCC4)nc23)cc1Cl. The van der Waals surface area contributed by atoms with Gasteiger partial charge in [-0.3, -0.25) is 0 Å². The second kappa shape index (κ2) is 8.88. The summed E-state index contributed by atoms with van der Waals surface area (Å²) >= 11 is 5.93. The number of benzene rings is 1. The summed E-state index contributed by atoms with van der Waals surface area (Å²) in [6.45, 7) is 4.38. The van der Waals surface area contributed by atoms with E-state index in [-0.39, 0.29) is 5.02 Å². The summed E-state index contributed by atoms with van der Waals surface area (Å²) in [5.41, 5.74) is 1.93. The van der Waals surface area contributed by atoms with Gasteiger partial charge in [-0.1, -0.05) is 11.6 Å². The first kappa shape index (κ1) is 20.3. The molecule has 0 aliphatic carbocycles. The van der Waals surface area contributed by atoms with Crippen molar-refractivity contribution in [2.75, 3.05) is 36.4 Å². The number of nitrogens with zero attached hydrogens (tertiary/aromatic N) is 6. The van der Waals surface area contributed by atoms with Gasteiger partial charge in [0.1, 0.15) is 23.2 Å². The molecule has 2 aliphatic heterocycles. The molecule has 2 aliphatic rings. The van der Waals surface area contributed by atoms with Gasteiger partial charge in [0.15, 0.2) is 5.82 Å². The second-order valence-electron chi connectivity index (χ2n) is 8.23. The lowest BCUT2D eigenvalue weighted by atomic mass is 10.0. The van der Waals surface area contributed by atoms with Crippen molar-refractivity contribution < 1.29 is 4.39 Å². The van der Waals surface area contributed by atoms with Crippen LogP contribution in [-0.2, 0) is 0 Å². The Bertz CT molecular complexity index is 1070. The molecule has 2 fully saturated rings. The fraction of sp³-hybridized carbons (Fsp3) is 0.455. The van der Waals surface area contributed by atoms with Crippen molar-refractivity contribution in [2.45, 2.75) is 38.1 Å². The van der Waals surface area contributed by atoms with Crippen LogP contribution in [0.15, 0.2) is 30.7 Å². The molecule has 0 bridgehead atoms. The summed E-state index contributed by atoms with van der Waals surface area (Å²) < 4.78 is 13.5. The molecule has 2 saturated heterocycles. The lowest BCUT2D eigenvalue weighted by Gasteiger charge is -2.37. The third kappa shape index (κ3) is 4.41. The Hall–Kier alpha value is -2.58. The van der Waals surface area contributed by atoms with Crippen molar-refractivity contribution in [1.29, 1.82) is 0 Å². The lowest BCUT2D eigenvalue weighted by Crippen LogP contribution is -2.47. The number of hydrogen-bond acceptors (Lipinski definition) is 7. The summed E-state index contributed by atoms with van der Waals surface area (Å²) in [5.74, 6) is 0.800. The number of anilines is 3. The zero-order valence-corrected chi connectivity index (χ0v) is 18.0. The minimum atomic E-state index is -0.460. The maximum atomic E-state index is 13.5. The average Bonchev–Trinajstić information content (AvgIpc) is 3.30.